The minimum Gasteiger partial charge on any atom is -0.469 e. The standard InChI is InChI=1S/C17H22O2.C2H6/c1-19-17(18)16-11-15(16)14-9-7-13(8-10-14)12-5-3-2-4-6-12;1-2/h7-10,12,15-16H,2-6,11H2,1H3;1-2H3. The molecule has 0 amide bonds. The Balaban J connectivity index is 0.000000774. The van der Waals surface area contributed by atoms with E-state index in [9.17, 15) is 4.79 Å². The van der Waals surface area contributed by atoms with Crippen LogP contribution in [0.1, 0.15) is 75.3 Å². The fourth-order valence-corrected chi connectivity index (χ4v) is 3.43. The number of methoxy groups -OCH3 is 1. The van der Waals surface area contributed by atoms with Gasteiger partial charge in [0.15, 0.2) is 0 Å². The van der Waals surface area contributed by atoms with Crippen molar-refractivity contribution in [2.24, 2.45) is 5.92 Å². The van der Waals surface area contributed by atoms with Gasteiger partial charge in [0, 0.05) is 0 Å². The second-order valence-corrected chi connectivity index (χ2v) is 5.97. The number of hydrogen-bond acceptors (Lipinski definition) is 2. The van der Waals surface area contributed by atoms with Gasteiger partial charge in [0.25, 0.3) is 0 Å². The third-order valence-electron chi connectivity index (χ3n) is 4.74. The molecule has 0 saturated heterocycles. The number of carbonyl (C=O) groups is 1. The Kier molecular flexibility index (Phi) is 5.84. The van der Waals surface area contributed by atoms with Crippen LogP contribution in [-0.2, 0) is 9.53 Å². The molecule has 0 heterocycles. The molecule has 0 bridgehead atoms. The van der Waals surface area contributed by atoms with Crippen LogP contribution in [0, 0.1) is 5.92 Å². The number of esters is 1. The van der Waals surface area contributed by atoms with Crippen molar-refractivity contribution in [1.82, 2.24) is 0 Å². The highest BCUT2D eigenvalue weighted by atomic mass is 16.5. The van der Waals surface area contributed by atoms with Crippen molar-refractivity contribution in [2.75, 3.05) is 7.11 Å². The first kappa shape index (κ1) is 16.1. The molecular weight excluding hydrogens is 260 g/mol. The second-order valence-electron chi connectivity index (χ2n) is 5.97. The van der Waals surface area contributed by atoms with E-state index in [0.29, 0.717) is 5.92 Å². The maximum absolute atomic E-state index is 11.4. The lowest BCUT2D eigenvalue weighted by molar-refractivity contribution is -0.142. The largest absolute Gasteiger partial charge is 0.469 e. The number of rotatable bonds is 3. The first-order valence-electron chi connectivity index (χ1n) is 8.47. The van der Waals surface area contributed by atoms with E-state index >= 15 is 0 Å². The van der Waals surface area contributed by atoms with Gasteiger partial charge >= 0.3 is 5.97 Å². The summed E-state index contributed by atoms with van der Waals surface area (Å²) in [5.41, 5.74) is 2.79. The van der Waals surface area contributed by atoms with Crippen molar-refractivity contribution in [3.05, 3.63) is 35.4 Å². The molecule has 2 fully saturated rings. The molecule has 2 unspecified atom stereocenters. The van der Waals surface area contributed by atoms with Crippen LogP contribution in [-0.4, -0.2) is 13.1 Å². The van der Waals surface area contributed by atoms with Crippen LogP contribution in [0.4, 0.5) is 0 Å². The zero-order valence-corrected chi connectivity index (χ0v) is 13.6. The van der Waals surface area contributed by atoms with E-state index in [1.807, 2.05) is 13.8 Å². The van der Waals surface area contributed by atoms with Crippen LogP contribution < -0.4 is 0 Å². The van der Waals surface area contributed by atoms with Gasteiger partial charge in [-0.2, -0.15) is 0 Å². The Bertz CT molecular complexity index is 443. The lowest BCUT2D eigenvalue weighted by atomic mass is 9.84. The third-order valence-corrected chi connectivity index (χ3v) is 4.74. The molecule has 0 spiro atoms. The summed E-state index contributed by atoms with van der Waals surface area (Å²) in [5.74, 6) is 1.21. The first-order valence-corrected chi connectivity index (χ1v) is 8.47. The van der Waals surface area contributed by atoms with E-state index in [4.69, 9.17) is 4.74 Å². The van der Waals surface area contributed by atoms with Gasteiger partial charge in [-0.05, 0) is 42.2 Å². The highest BCUT2D eigenvalue weighted by Crippen LogP contribution is 2.48. The highest BCUT2D eigenvalue weighted by Gasteiger charge is 2.44. The van der Waals surface area contributed by atoms with Gasteiger partial charge in [0.1, 0.15) is 0 Å². The molecule has 2 nitrogen and oxygen atoms in total. The van der Waals surface area contributed by atoms with E-state index in [1.165, 1.54) is 50.3 Å². The lowest BCUT2D eigenvalue weighted by Crippen LogP contribution is -2.05. The molecule has 2 atom stereocenters. The Morgan fingerprint density at radius 1 is 1.00 bits per heavy atom. The van der Waals surface area contributed by atoms with Gasteiger partial charge < -0.3 is 4.74 Å². The molecule has 3 rings (SSSR count). The van der Waals surface area contributed by atoms with Gasteiger partial charge in [-0.25, -0.2) is 0 Å². The van der Waals surface area contributed by atoms with Crippen molar-refractivity contribution >= 4 is 5.97 Å². The van der Waals surface area contributed by atoms with Crippen LogP contribution in [0.25, 0.3) is 0 Å². The SMILES string of the molecule is CC.COC(=O)C1CC1c1ccc(C2CCCCC2)cc1. The Morgan fingerprint density at radius 2 is 1.57 bits per heavy atom. The minimum absolute atomic E-state index is 0.0543. The summed E-state index contributed by atoms with van der Waals surface area (Å²) in [7, 11) is 1.48. The van der Waals surface area contributed by atoms with Gasteiger partial charge in [0.2, 0.25) is 0 Å². The van der Waals surface area contributed by atoms with Crippen LogP contribution in [0.3, 0.4) is 0 Å². The molecule has 1 aromatic rings. The summed E-state index contributed by atoms with van der Waals surface area (Å²) in [6, 6.07) is 8.99. The molecule has 0 radical (unpaired) electrons. The molecule has 2 aliphatic carbocycles. The predicted molar refractivity (Wildman–Crippen MR) is 86.5 cm³/mol. The van der Waals surface area contributed by atoms with Crippen molar-refractivity contribution in [2.45, 2.75) is 64.2 Å². The zero-order valence-electron chi connectivity index (χ0n) is 13.6. The molecule has 2 aliphatic rings. The summed E-state index contributed by atoms with van der Waals surface area (Å²) < 4.78 is 4.81. The fourth-order valence-electron chi connectivity index (χ4n) is 3.43. The molecule has 1 aromatic carbocycles. The molecule has 0 N–H and O–H groups in total. The van der Waals surface area contributed by atoms with E-state index in [0.717, 1.165) is 12.3 Å². The molecule has 2 heteroatoms. The van der Waals surface area contributed by atoms with E-state index in [1.54, 1.807) is 0 Å². The molecule has 21 heavy (non-hydrogen) atoms. The number of hydrogen-bond donors (Lipinski definition) is 0. The Labute approximate surface area is 128 Å². The van der Waals surface area contributed by atoms with Crippen LogP contribution >= 0.6 is 0 Å². The number of ether oxygens (including phenoxy) is 1. The molecule has 0 aliphatic heterocycles. The van der Waals surface area contributed by atoms with Crippen LogP contribution in [0.2, 0.25) is 0 Å². The smallest absolute Gasteiger partial charge is 0.309 e. The third kappa shape index (κ3) is 3.87. The Morgan fingerprint density at radius 3 is 2.14 bits per heavy atom. The molecule has 2 saturated carbocycles. The summed E-state index contributed by atoms with van der Waals surface area (Å²) in [6.07, 6.45) is 7.78. The maximum atomic E-state index is 11.4. The van der Waals surface area contributed by atoms with Crippen molar-refractivity contribution in [3.63, 3.8) is 0 Å². The van der Waals surface area contributed by atoms with Gasteiger partial charge in [-0.15, -0.1) is 0 Å². The summed E-state index contributed by atoms with van der Waals surface area (Å²) in [4.78, 5) is 11.4. The predicted octanol–water partition coefficient (Wildman–Crippen LogP) is 5.04. The maximum Gasteiger partial charge on any atom is 0.309 e. The van der Waals surface area contributed by atoms with E-state index < -0.39 is 0 Å². The van der Waals surface area contributed by atoms with Gasteiger partial charge in [-0.1, -0.05) is 57.4 Å². The first-order chi connectivity index (χ1) is 10.3. The molecule has 116 valence electrons. The normalized spacial score (nSPS) is 24.7. The summed E-state index contributed by atoms with van der Waals surface area (Å²) in [6.45, 7) is 4.00. The lowest BCUT2D eigenvalue weighted by Gasteiger charge is -2.22. The average Bonchev–Trinajstić information content (AvgIpc) is 3.38. The molecular formula is C19H28O2. The summed E-state index contributed by atoms with van der Waals surface area (Å²) >= 11 is 0. The van der Waals surface area contributed by atoms with Crippen molar-refractivity contribution in [1.29, 1.82) is 0 Å². The van der Waals surface area contributed by atoms with E-state index in [2.05, 4.69) is 24.3 Å². The van der Waals surface area contributed by atoms with Crippen LogP contribution in [0.5, 0.6) is 0 Å². The second kappa shape index (κ2) is 7.63. The highest BCUT2D eigenvalue weighted by molar-refractivity contribution is 5.77. The number of benzene rings is 1. The fraction of sp³-hybridized carbons (Fsp3) is 0.632. The Hall–Kier alpha value is -1.31. The quantitative estimate of drug-likeness (QED) is 0.729. The topological polar surface area (TPSA) is 26.3 Å². The average molecular weight is 288 g/mol. The zero-order chi connectivity index (χ0) is 15.2. The summed E-state index contributed by atoms with van der Waals surface area (Å²) in [5, 5.41) is 0. The minimum atomic E-state index is -0.0543. The van der Waals surface area contributed by atoms with E-state index in [-0.39, 0.29) is 11.9 Å². The van der Waals surface area contributed by atoms with Crippen molar-refractivity contribution < 1.29 is 9.53 Å². The van der Waals surface area contributed by atoms with Crippen molar-refractivity contribution in [3.8, 4) is 0 Å². The number of carbonyl (C=O) groups excluding carboxylic acids is 1. The monoisotopic (exact) mass is 288 g/mol. The molecule has 0 aromatic heterocycles. The van der Waals surface area contributed by atoms with Crippen LogP contribution in [0.15, 0.2) is 24.3 Å². The van der Waals surface area contributed by atoms with Gasteiger partial charge in [-0.3, -0.25) is 4.79 Å². The van der Waals surface area contributed by atoms with Gasteiger partial charge in [0.05, 0.1) is 13.0 Å².